The number of esters is 1. The maximum absolute atomic E-state index is 10.5. The highest BCUT2D eigenvalue weighted by atomic mass is 16.5. The van der Waals surface area contributed by atoms with Crippen molar-refractivity contribution in [3.63, 3.8) is 0 Å². The fourth-order valence-electron chi connectivity index (χ4n) is 0.572. The Balaban J connectivity index is 3.87. The van der Waals surface area contributed by atoms with Crippen LogP contribution in [0.5, 0.6) is 0 Å². The third-order valence-electron chi connectivity index (χ3n) is 1.91. The average molecular weight is 156 g/mol. The molecule has 0 saturated carbocycles. The predicted octanol–water partition coefficient (Wildman–Crippen LogP) is 2.15. The van der Waals surface area contributed by atoms with Crippen molar-refractivity contribution in [2.24, 2.45) is 5.41 Å². The van der Waals surface area contributed by atoms with Crippen LogP contribution >= 0.6 is 0 Å². The van der Waals surface area contributed by atoms with Crippen molar-refractivity contribution in [3.05, 3.63) is 12.7 Å². The molecule has 64 valence electrons. The molecule has 11 heavy (non-hydrogen) atoms. The van der Waals surface area contributed by atoms with Crippen LogP contribution in [-0.4, -0.2) is 12.6 Å². The minimum atomic E-state index is -0.230. The second kappa shape index (κ2) is 4.16. The molecule has 0 aromatic carbocycles. The van der Waals surface area contributed by atoms with E-state index in [-0.39, 0.29) is 11.4 Å². The quantitative estimate of drug-likeness (QED) is 0.460. The first-order chi connectivity index (χ1) is 5.04. The maximum atomic E-state index is 10.5. The molecule has 0 aliphatic heterocycles. The fraction of sp³-hybridized carbons (Fsp3) is 0.667. The van der Waals surface area contributed by atoms with Gasteiger partial charge in [0.15, 0.2) is 0 Å². The molecule has 0 aromatic heterocycles. The monoisotopic (exact) mass is 156 g/mol. The van der Waals surface area contributed by atoms with Gasteiger partial charge in [0.2, 0.25) is 0 Å². The van der Waals surface area contributed by atoms with Crippen LogP contribution in [0.1, 0.15) is 27.2 Å². The zero-order valence-corrected chi connectivity index (χ0v) is 7.52. The van der Waals surface area contributed by atoms with E-state index in [2.05, 4.69) is 6.58 Å². The highest BCUT2D eigenvalue weighted by molar-refractivity contribution is 5.65. The van der Waals surface area contributed by atoms with E-state index >= 15 is 0 Å². The van der Waals surface area contributed by atoms with Crippen LogP contribution in [0.2, 0.25) is 0 Å². The summed E-state index contributed by atoms with van der Waals surface area (Å²) in [5.41, 5.74) is -0.0638. The first-order valence-electron chi connectivity index (χ1n) is 3.81. The third-order valence-corrected chi connectivity index (χ3v) is 1.91. The molecule has 0 amide bonds. The van der Waals surface area contributed by atoms with Gasteiger partial charge < -0.3 is 4.74 Å². The van der Waals surface area contributed by atoms with Crippen LogP contribution in [0.3, 0.4) is 0 Å². The van der Waals surface area contributed by atoms with Gasteiger partial charge in [-0.05, 0) is 6.42 Å². The SMILES string of the molecule is C=CC(C)(CC)COC(C)=O. The van der Waals surface area contributed by atoms with Crippen LogP contribution in [0, 0.1) is 5.41 Å². The van der Waals surface area contributed by atoms with E-state index in [1.54, 1.807) is 0 Å². The molecule has 0 N–H and O–H groups in total. The zero-order valence-electron chi connectivity index (χ0n) is 7.52. The molecule has 0 rings (SSSR count). The standard InChI is InChI=1S/C9H16O2/c1-5-9(4,6-2)7-11-8(3)10/h5H,1,6-7H2,2-4H3. The summed E-state index contributed by atoms with van der Waals surface area (Å²) in [6.07, 6.45) is 2.76. The summed E-state index contributed by atoms with van der Waals surface area (Å²) >= 11 is 0. The van der Waals surface area contributed by atoms with Crippen molar-refractivity contribution in [1.29, 1.82) is 0 Å². The zero-order chi connectivity index (χ0) is 8.91. The molecule has 0 spiro atoms. The van der Waals surface area contributed by atoms with Gasteiger partial charge in [0.05, 0.1) is 0 Å². The van der Waals surface area contributed by atoms with Crippen molar-refractivity contribution >= 4 is 5.97 Å². The first kappa shape index (κ1) is 10.2. The van der Waals surface area contributed by atoms with E-state index in [4.69, 9.17) is 4.74 Å². The van der Waals surface area contributed by atoms with Crippen molar-refractivity contribution in [2.45, 2.75) is 27.2 Å². The third kappa shape index (κ3) is 3.81. The smallest absolute Gasteiger partial charge is 0.302 e. The Labute approximate surface area is 68.2 Å². The van der Waals surface area contributed by atoms with Crippen molar-refractivity contribution in [2.75, 3.05) is 6.61 Å². The van der Waals surface area contributed by atoms with Gasteiger partial charge in [0.25, 0.3) is 0 Å². The molecular weight excluding hydrogens is 140 g/mol. The Morgan fingerprint density at radius 3 is 2.55 bits per heavy atom. The normalized spacial score (nSPS) is 15.2. The topological polar surface area (TPSA) is 26.3 Å². The van der Waals surface area contributed by atoms with Crippen molar-refractivity contribution in [3.8, 4) is 0 Å². The molecule has 0 bridgehead atoms. The van der Waals surface area contributed by atoms with E-state index in [0.29, 0.717) is 6.61 Å². The van der Waals surface area contributed by atoms with Gasteiger partial charge in [0.1, 0.15) is 6.61 Å². The number of rotatable bonds is 4. The molecule has 0 radical (unpaired) electrons. The van der Waals surface area contributed by atoms with Crippen molar-refractivity contribution in [1.82, 2.24) is 0 Å². The van der Waals surface area contributed by atoms with E-state index in [9.17, 15) is 4.79 Å². The van der Waals surface area contributed by atoms with Crippen LogP contribution in [0.15, 0.2) is 12.7 Å². The molecule has 0 fully saturated rings. The Morgan fingerprint density at radius 1 is 1.73 bits per heavy atom. The molecule has 0 saturated heterocycles. The highest BCUT2D eigenvalue weighted by Gasteiger charge is 2.18. The molecule has 1 atom stereocenters. The average Bonchev–Trinajstić information content (AvgIpc) is 2.00. The summed E-state index contributed by atoms with van der Waals surface area (Å²) in [7, 11) is 0. The van der Waals surface area contributed by atoms with Gasteiger partial charge in [-0.25, -0.2) is 0 Å². The Bertz CT molecular complexity index is 152. The number of hydrogen-bond donors (Lipinski definition) is 0. The summed E-state index contributed by atoms with van der Waals surface area (Å²) < 4.78 is 4.88. The van der Waals surface area contributed by atoms with Crippen LogP contribution < -0.4 is 0 Å². The number of ether oxygens (including phenoxy) is 1. The van der Waals surface area contributed by atoms with Gasteiger partial charge in [-0.2, -0.15) is 0 Å². The lowest BCUT2D eigenvalue weighted by molar-refractivity contribution is -0.143. The lowest BCUT2D eigenvalue weighted by atomic mass is 9.89. The second-order valence-corrected chi connectivity index (χ2v) is 2.99. The lowest BCUT2D eigenvalue weighted by Crippen LogP contribution is -2.20. The van der Waals surface area contributed by atoms with Crippen LogP contribution in [0.4, 0.5) is 0 Å². The van der Waals surface area contributed by atoms with Gasteiger partial charge in [-0.1, -0.05) is 19.9 Å². The molecular formula is C9H16O2. The second-order valence-electron chi connectivity index (χ2n) is 2.99. The fourth-order valence-corrected chi connectivity index (χ4v) is 0.572. The van der Waals surface area contributed by atoms with Gasteiger partial charge in [-0.15, -0.1) is 6.58 Å². The molecule has 2 nitrogen and oxygen atoms in total. The van der Waals surface area contributed by atoms with Gasteiger partial charge >= 0.3 is 5.97 Å². The maximum Gasteiger partial charge on any atom is 0.302 e. The Kier molecular flexibility index (Phi) is 3.86. The highest BCUT2D eigenvalue weighted by Crippen LogP contribution is 2.22. The molecule has 0 aromatic rings. The molecule has 0 heterocycles. The number of carbonyl (C=O) groups is 1. The van der Waals surface area contributed by atoms with E-state index in [1.807, 2.05) is 19.9 Å². The Hall–Kier alpha value is -0.790. The minimum absolute atomic E-state index is 0.0638. The number of carbonyl (C=O) groups excluding carboxylic acids is 1. The molecule has 0 aliphatic rings. The summed E-state index contributed by atoms with van der Waals surface area (Å²) in [6, 6.07) is 0. The van der Waals surface area contributed by atoms with Crippen LogP contribution in [-0.2, 0) is 9.53 Å². The number of hydrogen-bond acceptors (Lipinski definition) is 2. The van der Waals surface area contributed by atoms with E-state index < -0.39 is 0 Å². The molecule has 0 aliphatic carbocycles. The lowest BCUT2D eigenvalue weighted by Gasteiger charge is -2.22. The van der Waals surface area contributed by atoms with Crippen LogP contribution in [0.25, 0.3) is 0 Å². The summed E-state index contributed by atoms with van der Waals surface area (Å²) in [5, 5.41) is 0. The minimum Gasteiger partial charge on any atom is -0.465 e. The molecule has 1 unspecified atom stereocenters. The van der Waals surface area contributed by atoms with Gasteiger partial charge in [0, 0.05) is 12.3 Å². The predicted molar refractivity (Wildman–Crippen MR) is 45.2 cm³/mol. The van der Waals surface area contributed by atoms with Crippen molar-refractivity contribution < 1.29 is 9.53 Å². The largest absolute Gasteiger partial charge is 0.465 e. The summed E-state index contributed by atoms with van der Waals surface area (Å²) in [5.74, 6) is -0.230. The first-order valence-corrected chi connectivity index (χ1v) is 3.81. The van der Waals surface area contributed by atoms with Gasteiger partial charge in [-0.3, -0.25) is 4.79 Å². The van der Waals surface area contributed by atoms with E-state index in [1.165, 1.54) is 6.92 Å². The summed E-state index contributed by atoms with van der Waals surface area (Å²) in [4.78, 5) is 10.5. The molecule has 2 heteroatoms. The Morgan fingerprint density at radius 2 is 2.27 bits per heavy atom. The van der Waals surface area contributed by atoms with E-state index in [0.717, 1.165) is 6.42 Å². The summed E-state index contributed by atoms with van der Waals surface area (Å²) in [6.45, 7) is 9.60.